The van der Waals surface area contributed by atoms with E-state index in [9.17, 15) is 18.3 Å². The standard InChI is InChI=1S/C26H29N3O5S/c1-18-4-5-19(2)25(16-18)35(32,33)27-24-11-8-21(17-23(24)26(30)31)29-14-12-28(13-15-29)20-6-9-22(34-3)10-7-20/h4-11,16-17,27H,12-15H2,1-3H3,(H,30,31). The molecule has 0 amide bonds. The van der Waals surface area contributed by atoms with Crippen molar-refractivity contribution in [2.75, 3.05) is 47.8 Å². The van der Waals surface area contributed by atoms with Crippen molar-refractivity contribution < 1.29 is 23.1 Å². The van der Waals surface area contributed by atoms with Gasteiger partial charge in [-0.05, 0) is 73.5 Å². The van der Waals surface area contributed by atoms with E-state index >= 15 is 0 Å². The van der Waals surface area contributed by atoms with E-state index < -0.39 is 16.0 Å². The maximum absolute atomic E-state index is 13.0. The van der Waals surface area contributed by atoms with Gasteiger partial charge in [-0.2, -0.15) is 0 Å². The number of anilines is 3. The lowest BCUT2D eigenvalue weighted by Crippen LogP contribution is -2.46. The van der Waals surface area contributed by atoms with Gasteiger partial charge in [0.1, 0.15) is 5.75 Å². The predicted octanol–water partition coefficient (Wildman–Crippen LogP) is 4.14. The van der Waals surface area contributed by atoms with Crippen LogP contribution in [0.15, 0.2) is 65.6 Å². The molecule has 0 saturated carbocycles. The first-order valence-corrected chi connectivity index (χ1v) is 12.8. The van der Waals surface area contributed by atoms with E-state index in [1.54, 1.807) is 32.2 Å². The van der Waals surface area contributed by atoms with Crippen LogP contribution in [-0.4, -0.2) is 52.8 Å². The van der Waals surface area contributed by atoms with Gasteiger partial charge in [-0.1, -0.05) is 12.1 Å². The summed E-state index contributed by atoms with van der Waals surface area (Å²) in [6.07, 6.45) is 0. The van der Waals surface area contributed by atoms with Crippen LogP contribution in [0.2, 0.25) is 0 Å². The maximum Gasteiger partial charge on any atom is 0.337 e. The summed E-state index contributed by atoms with van der Waals surface area (Å²) in [6.45, 7) is 6.48. The summed E-state index contributed by atoms with van der Waals surface area (Å²) in [4.78, 5) is 16.5. The predicted molar refractivity (Wildman–Crippen MR) is 138 cm³/mol. The van der Waals surface area contributed by atoms with Crippen LogP contribution in [0.5, 0.6) is 5.75 Å². The average molecular weight is 496 g/mol. The summed E-state index contributed by atoms with van der Waals surface area (Å²) < 4.78 is 33.7. The first-order valence-electron chi connectivity index (χ1n) is 11.3. The molecule has 1 fully saturated rings. The molecule has 1 aliphatic heterocycles. The topological polar surface area (TPSA) is 99.2 Å². The summed E-state index contributed by atoms with van der Waals surface area (Å²) in [5.74, 6) is -0.385. The number of aryl methyl sites for hydroxylation is 2. The number of rotatable bonds is 7. The van der Waals surface area contributed by atoms with Crippen molar-refractivity contribution in [2.24, 2.45) is 0 Å². The average Bonchev–Trinajstić information content (AvgIpc) is 2.85. The molecule has 2 N–H and O–H groups in total. The van der Waals surface area contributed by atoms with E-state index in [-0.39, 0.29) is 16.1 Å². The molecule has 0 aliphatic carbocycles. The number of nitrogens with zero attached hydrogens (tertiary/aromatic N) is 2. The quantitative estimate of drug-likeness (QED) is 0.508. The first-order chi connectivity index (χ1) is 16.7. The number of piperazine rings is 1. The van der Waals surface area contributed by atoms with Gasteiger partial charge in [0.2, 0.25) is 0 Å². The molecule has 3 aromatic rings. The molecule has 0 aromatic heterocycles. The summed E-state index contributed by atoms with van der Waals surface area (Å²) in [6, 6.07) is 17.9. The number of hydrogen-bond donors (Lipinski definition) is 2. The molecule has 1 saturated heterocycles. The van der Waals surface area contributed by atoms with Crippen LogP contribution in [-0.2, 0) is 10.0 Å². The number of carboxylic acids is 1. The van der Waals surface area contributed by atoms with Gasteiger partial charge < -0.3 is 19.6 Å². The monoisotopic (exact) mass is 495 g/mol. The van der Waals surface area contributed by atoms with Crippen molar-refractivity contribution in [1.29, 1.82) is 0 Å². The number of carbonyl (C=O) groups is 1. The summed E-state index contributed by atoms with van der Waals surface area (Å²) in [7, 11) is -2.31. The van der Waals surface area contributed by atoms with Crippen LogP contribution in [0.1, 0.15) is 21.5 Å². The lowest BCUT2D eigenvalue weighted by molar-refractivity contribution is 0.0698. The molecule has 0 unspecified atom stereocenters. The number of methoxy groups -OCH3 is 1. The van der Waals surface area contributed by atoms with E-state index in [4.69, 9.17) is 4.74 Å². The number of ether oxygens (including phenoxy) is 1. The molecule has 184 valence electrons. The van der Waals surface area contributed by atoms with Crippen molar-refractivity contribution >= 4 is 33.1 Å². The third-order valence-corrected chi connectivity index (χ3v) is 7.70. The van der Waals surface area contributed by atoms with E-state index in [0.717, 1.165) is 35.8 Å². The Labute approximate surface area is 205 Å². The minimum atomic E-state index is -3.95. The number of nitrogens with one attached hydrogen (secondary N) is 1. The molecule has 0 radical (unpaired) electrons. The van der Waals surface area contributed by atoms with Gasteiger partial charge in [0.15, 0.2) is 0 Å². The van der Waals surface area contributed by atoms with E-state index in [2.05, 4.69) is 14.5 Å². The van der Waals surface area contributed by atoms with Gasteiger partial charge in [0.25, 0.3) is 10.0 Å². The minimum absolute atomic E-state index is 0.0408. The van der Waals surface area contributed by atoms with Crippen molar-refractivity contribution in [2.45, 2.75) is 18.7 Å². The third kappa shape index (κ3) is 5.35. The zero-order valence-electron chi connectivity index (χ0n) is 20.0. The van der Waals surface area contributed by atoms with E-state index in [1.165, 1.54) is 12.1 Å². The van der Waals surface area contributed by atoms with E-state index in [0.29, 0.717) is 18.7 Å². The Morgan fingerprint density at radius 3 is 2.09 bits per heavy atom. The summed E-state index contributed by atoms with van der Waals surface area (Å²) >= 11 is 0. The molecule has 1 heterocycles. The van der Waals surface area contributed by atoms with Crippen LogP contribution >= 0.6 is 0 Å². The van der Waals surface area contributed by atoms with Gasteiger partial charge in [-0.25, -0.2) is 13.2 Å². The fraction of sp³-hybridized carbons (Fsp3) is 0.269. The maximum atomic E-state index is 13.0. The lowest BCUT2D eigenvalue weighted by atomic mass is 10.1. The molecule has 8 nitrogen and oxygen atoms in total. The van der Waals surface area contributed by atoms with Gasteiger partial charge >= 0.3 is 5.97 Å². The highest BCUT2D eigenvalue weighted by Gasteiger charge is 2.23. The van der Waals surface area contributed by atoms with Crippen molar-refractivity contribution in [3.8, 4) is 5.75 Å². The zero-order chi connectivity index (χ0) is 25.2. The highest BCUT2D eigenvalue weighted by molar-refractivity contribution is 7.92. The highest BCUT2D eigenvalue weighted by atomic mass is 32.2. The smallest absolute Gasteiger partial charge is 0.337 e. The lowest BCUT2D eigenvalue weighted by Gasteiger charge is -2.37. The van der Waals surface area contributed by atoms with Crippen LogP contribution in [0.25, 0.3) is 0 Å². The summed E-state index contributed by atoms with van der Waals surface area (Å²) in [5, 5.41) is 9.82. The fourth-order valence-corrected chi connectivity index (χ4v) is 5.62. The van der Waals surface area contributed by atoms with Gasteiger partial charge in [-0.15, -0.1) is 0 Å². The molecule has 3 aromatic carbocycles. The molecule has 0 bridgehead atoms. The van der Waals surface area contributed by atoms with Gasteiger partial charge in [0, 0.05) is 37.6 Å². The second kappa shape index (κ2) is 9.87. The Bertz CT molecular complexity index is 1330. The number of aromatic carboxylic acids is 1. The molecule has 9 heteroatoms. The Morgan fingerprint density at radius 1 is 0.886 bits per heavy atom. The molecule has 0 spiro atoms. The minimum Gasteiger partial charge on any atom is -0.497 e. The Hall–Kier alpha value is -3.72. The number of benzene rings is 3. The van der Waals surface area contributed by atoms with Gasteiger partial charge in [0.05, 0.1) is 23.3 Å². The van der Waals surface area contributed by atoms with Crippen molar-refractivity contribution in [3.63, 3.8) is 0 Å². The largest absolute Gasteiger partial charge is 0.497 e. The van der Waals surface area contributed by atoms with Crippen LogP contribution in [0.3, 0.4) is 0 Å². The Balaban J connectivity index is 1.52. The SMILES string of the molecule is COc1ccc(N2CCN(c3ccc(NS(=O)(=O)c4cc(C)ccc4C)c(C(=O)O)c3)CC2)cc1. The number of carboxylic acid groups (broad SMARTS) is 1. The fourth-order valence-electron chi connectivity index (χ4n) is 4.21. The zero-order valence-corrected chi connectivity index (χ0v) is 20.8. The van der Waals surface area contributed by atoms with Crippen LogP contribution in [0.4, 0.5) is 17.1 Å². The van der Waals surface area contributed by atoms with Crippen molar-refractivity contribution in [3.05, 3.63) is 77.4 Å². The molecular formula is C26H29N3O5S. The normalized spacial score (nSPS) is 14.0. The van der Waals surface area contributed by atoms with E-state index in [1.807, 2.05) is 37.3 Å². The Morgan fingerprint density at radius 2 is 1.49 bits per heavy atom. The van der Waals surface area contributed by atoms with Crippen LogP contribution in [0, 0.1) is 13.8 Å². The molecular weight excluding hydrogens is 466 g/mol. The third-order valence-electron chi connectivity index (χ3n) is 6.19. The number of hydrogen-bond acceptors (Lipinski definition) is 6. The second-order valence-electron chi connectivity index (χ2n) is 8.58. The van der Waals surface area contributed by atoms with Crippen molar-refractivity contribution in [1.82, 2.24) is 0 Å². The molecule has 35 heavy (non-hydrogen) atoms. The molecule has 0 atom stereocenters. The Kier molecular flexibility index (Phi) is 6.88. The molecule has 1 aliphatic rings. The molecule has 4 rings (SSSR count). The van der Waals surface area contributed by atoms with Crippen LogP contribution < -0.4 is 19.3 Å². The first kappa shape index (κ1) is 24.4. The summed E-state index contributed by atoms with van der Waals surface area (Å²) in [5.41, 5.74) is 3.19. The highest BCUT2D eigenvalue weighted by Crippen LogP contribution is 2.29. The second-order valence-corrected chi connectivity index (χ2v) is 10.2. The van der Waals surface area contributed by atoms with Gasteiger partial charge in [-0.3, -0.25) is 4.72 Å². The number of sulfonamides is 1.